The number of rotatable bonds is 5. The van der Waals surface area contributed by atoms with Gasteiger partial charge in [-0.1, -0.05) is 5.10 Å². The van der Waals surface area contributed by atoms with Gasteiger partial charge in [0.2, 0.25) is 0 Å². The number of carbonyl (C=O) groups is 1. The van der Waals surface area contributed by atoms with Crippen LogP contribution in [0, 0.1) is 34.1 Å². The predicted molar refractivity (Wildman–Crippen MR) is 80.1 cm³/mol. The Labute approximate surface area is 130 Å². The zero-order chi connectivity index (χ0) is 17.1. The van der Waals surface area contributed by atoms with E-state index in [0.29, 0.717) is 16.9 Å². The Bertz CT molecular complexity index is 798. The zero-order valence-corrected chi connectivity index (χ0v) is 12.3. The molecule has 0 aliphatic carbocycles. The van der Waals surface area contributed by atoms with Crippen molar-refractivity contribution in [3.63, 3.8) is 0 Å². The third kappa shape index (κ3) is 3.67. The van der Waals surface area contributed by atoms with Crippen molar-refractivity contribution in [1.29, 1.82) is 0 Å². The molecule has 0 radical (unpaired) electrons. The SMILES string of the molecule is Cc1cc([N+](=O)[O-])n(CC(=O)Nc2ccc([N+](=O)[O-])cc2C)n1. The van der Waals surface area contributed by atoms with Gasteiger partial charge in [-0.3, -0.25) is 14.9 Å². The average Bonchev–Trinajstić information content (AvgIpc) is 2.81. The van der Waals surface area contributed by atoms with Gasteiger partial charge in [-0.25, -0.2) is 0 Å². The van der Waals surface area contributed by atoms with Crippen molar-refractivity contribution in [2.24, 2.45) is 0 Å². The highest BCUT2D eigenvalue weighted by molar-refractivity contribution is 5.91. The number of nitrogens with one attached hydrogen (secondary N) is 1. The van der Waals surface area contributed by atoms with Crippen LogP contribution in [-0.4, -0.2) is 25.5 Å². The maximum Gasteiger partial charge on any atom is 0.345 e. The number of nitrogens with zero attached hydrogens (tertiary/aromatic N) is 4. The van der Waals surface area contributed by atoms with Crippen LogP contribution in [-0.2, 0) is 11.3 Å². The molecule has 0 saturated carbocycles. The fraction of sp³-hybridized carbons (Fsp3) is 0.231. The van der Waals surface area contributed by atoms with E-state index in [4.69, 9.17) is 0 Å². The van der Waals surface area contributed by atoms with E-state index >= 15 is 0 Å². The zero-order valence-electron chi connectivity index (χ0n) is 12.3. The largest absolute Gasteiger partial charge is 0.358 e. The second-order valence-electron chi connectivity index (χ2n) is 4.86. The molecule has 2 rings (SSSR count). The molecule has 0 bridgehead atoms. The smallest absolute Gasteiger partial charge is 0.345 e. The lowest BCUT2D eigenvalue weighted by Crippen LogP contribution is -2.21. The number of anilines is 1. The van der Waals surface area contributed by atoms with Gasteiger partial charge in [0, 0.05) is 17.8 Å². The molecular formula is C13H13N5O5. The van der Waals surface area contributed by atoms with Gasteiger partial charge < -0.3 is 15.4 Å². The Morgan fingerprint density at radius 3 is 2.48 bits per heavy atom. The fourth-order valence-corrected chi connectivity index (χ4v) is 2.02. The van der Waals surface area contributed by atoms with Crippen molar-refractivity contribution in [3.8, 4) is 0 Å². The first-order valence-corrected chi connectivity index (χ1v) is 6.51. The van der Waals surface area contributed by atoms with Crippen LogP contribution < -0.4 is 5.32 Å². The van der Waals surface area contributed by atoms with Gasteiger partial charge in [-0.2, -0.15) is 0 Å². The third-order valence-corrected chi connectivity index (χ3v) is 3.06. The summed E-state index contributed by atoms with van der Waals surface area (Å²) in [5.74, 6) is -0.800. The van der Waals surface area contributed by atoms with E-state index in [2.05, 4.69) is 10.4 Å². The summed E-state index contributed by atoms with van der Waals surface area (Å²) >= 11 is 0. The van der Waals surface area contributed by atoms with Crippen LogP contribution in [0.25, 0.3) is 0 Å². The molecule has 2 aromatic rings. The second-order valence-corrected chi connectivity index (χ2v) is 4.86. The molecule has 0 saturated heterocycles. The molecular weight excluding hydrogens is 306 g/mol. The van der Waals surface area contributed by atoms with Crippen LogP contribution in [0.15, 0.2) is 24.3 Å². The molecule has 0 spiro atoms. The molecule has 1 N–H and O–H groups in total. The number of carbonyl (C=O) groups excluding carboxylic acids is 1. The summed E-state index contributed by atoms with van der Waals surface area (Å²) in [6.07, 6.45) is 0. The summed E-state index contributed by atoms with van der Waals surface area (Å²) in [4.78, 5) is 32.4. The molecule has 0 unspecified atom stereocenters. The Balaban J connectivity index is 2.14. The Morgan fingerprint density at radius 2 is 1.91 bits per heavy atom. The van der Waals surface area contributed by atoms with Crippen LogP contribution in [0.1, 0.15) is 11.3 Å². The van der Waals surface area contributed by atoms with Crippen molar-refractivity contribution in [3.05, 3.63) is 55.8 Å². The van der Waals surface area contributed by atoms with E-state index in [9.17, 15) is 25.0 Å². The minimum Gasteiger partial charge on any atom is -0.358 e. The van der Waals surface area contributed by atoms with Crippen molar-refractivity contribution in [2.75, 3.05) is 5.32 Å². The van der Waals surface area contributed by atoms with Gasteiger partial charge in [0.1, 0.15) is 0 Å². The van der Waals surface area contributed by atoms with Gasteiger partial charge in [-0.05, 0) is 30.4 Å². The molecule has 1 heterocycles. The average molecular weight is 319 g/mol. The van der Waals surface area contributed by atoms with Crippen LogP contribution >= 0.6 is 0 Å². The summed E-state index contributed by atoms with van der Waals surface area (Å²) < 4.78 is 0.991. The highest BCUT2D eigenvalue weighted by atomic mass is 16.6. The van der Waals surface area contributed by atoms with Gasteiger partial charge in [-0.15, -0.1) is 4.68 Å². The first-order chi connectivity index (χ1) is 10.8. The van der Waals surface area contributed by atoms with E-state index < -0.39 is 15.8 Å². The molecule has 1 aromatic carbocycles. The van der Waals surface area contributed by atoms with Crippen LogP contribution in [0.4, 0.5) is 17.2 Å². The number of hydrogen-bond acceptors (Lipinski definition) is 6. The minimum atomic E-state index is -0.621. The number of hydrogen-bond donors (Lipinski definition) is 1. The van der Waals surface area contributed by atoms with Crippen LogP contribution in [0.3, 0.4) is 0 Å². The minimum absolute atomic E-state index is 0.0844. The summed E-state index contributed by atoms with van der Waals surface area (Å²) in [5.41, 5.74) is 1.25. The van der Waals surface area contributed by atoms with Gasteiger partial charge in [0.25, 0.3) is 11.6 Å². The van der Waals surface area contributed by atoms with Crippen molar-refractivity contribution in [1.82, 2.24) is 9.78 Å². The predicted octanol–water partition coefficient (Wildman–Crippen LogP) is 1.96. The molecule has 0 fully saturated rings. The molecule has 120 valence electrons. The number of benzene rings is 1. The quantitative estimate of drug-likeness (QED) is 0.661. The van der Waals surface area contributed by atoms with Gasteiger partial charge >= 0.3 is 5.82 Å². The standard InChI is InChI=1S/C13H13N5O5/c1-8-5-10(17(20)21)3-4-11(8)14-12(19)7-16-13(18(22)23)6-9(2)15-16/h3-6H,7H2,1-2H3,(H,14,19). The molecule has 10 nitrogen and oxygen atoms in total. The highest BCUT2D eigenvalue weighted by Crippen LogP contribution is 2.21. The van der Waals surface area contributed by atoms with Crippen molar-refractivity contribution < 1.29 is 14.6 Å². The fourth-order valence-electron chi connectivity index (χ4n) is 2.02. The van der Waals surface area contributed by atoms with E-state index in [1.54, 1.807) is 13.8 Å². The summed E-state index contributed by atoms with van der Waals surface area (Å²) in [6, 6.07) is 5.28. The summed E-state index contributed by atoms with van der Waals surface area (Å²) in [7, 11) is 0. The van der Waals surface area contributed by atoms with E-state index in [1.165, 1.54) is 24.3 Å². The topological polar surface area (TPSA) is 133 Å². The molecule has 0 aliphatic rings. The molecule has 1 amide bonds. The number of amides is 1. The Morgan fingerprint density at radius 1 is 1.22 bits per heavy atom. The molecule has 0 aliphatic heterocycles. The number of nitro benzene ring substituents is 1. The number of non-ortho nitro benzene ring substituents is 1. The highest BCUT2D eigenvalue weighted by Gasteiger charge is 2.20. The molecule has 10 heteroatoms. The second kappa shape index (κ2) is 6.22. The lowest BCUT2D eigenvalue weighted by molar-refractivity contribution is -0.392. The first kappa shape index (κ1) is 16.1. The maximum absolute atomic E-state index is 12.0. The Hall–Kier alpha value is -3.30. The maximum atomic E-state index is 12.0. The van der Waals surface area contributed by atoms with Crippen LogP contribution in [0.2, 0.25) is 0 Å². The number of aromatic nitrogens is 2. The lowest BCUT2D eigenvalue weighted by atomic mass is 10.2. The van der Waals surface area contributed by atoms with E-state index in [0.717, 1.165) is 4.68 Å². The van der Waals surface area contributed by atoms with Crippen LogP contribution in [0.5, 0.6) is 0 Å². The lowest BCUT2D eigenvalue weighted by Gasteiger charge is -2.07. The van der Waals surface area contributed by atoms with E-state index in [-0.39, 0.29) is 18.1 Å². The van der Waals surface area contributed by atoms with Gasteiger partial charge in [0.05, 0.1) is 16.7 Å². The third-order valence-electron chi connectivity index (χ3n) is 3.06. The molecule has 1 aromatic heterocycles. The van der Waals surface area contributed by atoms with E-state index in [1.807, 2.05) is 0 Å². The number of aryl methyl sites for hydroxylation is 2. The van der Waals surface area contributed by atoms with Crippen molar-refractivity contribution in [2.45, 2.75) is 20.4 Å². The normalized spacial score (nSPS) is 10.3. The summed E-state index contributed by atoms with van der Waals surface area (Å²) in [5, 5.41) is 28.0. The monoisotopic (exact) mass is 319 g/mol. The first-order valence-electron chi connectivity index (χ1n) is 6.51. The number of nitro groups is 2. The molecule has 23 heavy (non-hydrogen) atoms. The van der Waals surface area contributed by atoms with Crippen molar-refractivity contribution >= 4 is 23.1 Å². The van der Waals surface area contributed by atoms with Gasteiger partial charge in [0.15, 0.2) is 6.54 Å². The Kier molecular flexibility index (Phi) is 4.35. The molecule has 0 atom stereocenters. The summed E-state index contributed by atoms with van der Waals surface area (Å²) in [6.45, 7) is 2.87.